The summed E-state index contributed by atoms with van der Waals surface area (Å²) in [4.78, 5) is 59.7. The molecule has 23 heteroatoms. The summed E-state index contributed by atoms with van der Waals surface area (Å²) in [5, 5.41) is 23.0. The standard InChI is InChI=1S/C72H87Cl2F2N7O12/c1-9-83(52-21-24-89-25-22-52)61-39-50(38-55(47(61)4)68(85)79-43-56-45(2)37-46(3)80-69(56)86)48-13-17-53(18-14-48)95-36-35-94-34-33-93-32-31-92-30-29-91-28-27-90-26-23-78-67(84)49-15-20-60(62(40-49)88-8)81-70(87)66-64(54-11-10-12-58(74)65(54)76)72(44-77,63(82-66)42-71(5,6)7)57-19-16-51(73)41-59(57)75/h10-20,37-41,52,63-64,66,82H,9,21-36,42-43H2,1-8H3,(H,78,84)(H,79,85)(H,80,86)(H,81,87)/t63?,64?,66-,72+/m1/s1. The largest absolute Gasteiger partial charge is 0.495 e. The van der Waals surface area contributed by atoms with Crippen molar-refractivity contribution in [3.63, 3.8) is 0 Å². The van der Waals surface area contributed by atoms with Crippen LogP contribution in [0.25, 0.3) is 11.1 Å². The Morgan fingerprint density at radius 1 is 0.779 bits per heavy atom. The van der Waals surface area contributed by atoms with Crippen molar-refractivity contribution < 1.29 is 61.1 Å². The highest BCUT2D eigenvalue weighted by atomic mass is 35.5. The lowest BCUT2D eigenvalue weighted by Gasteiger charge is -2.37. The number of hydrogen-bond acceptors (Lipinski definition) is 15. The minimum Gasteiger partial charge on any atom is -0.495 e. The molecule has 2 saturated heterocycles. The van der Waals surface area contributed by atoms with E-state index in [1.165, 1.54) is 55.6 Å². The van der Waals surface area contributed by atoms with Gasteiger partial charge in [0.25, 0.3) is 17.4 Å². The van der Waals surface area contributed by atoms with Crippen LogP contribution in [0.2, 0.25) is 10.0 Å². The molecule has 0 saturated carbocycles. The fourth-order valence-electron chi connectivity index (χ4n) is 12.4. The van der Waals surface area contributed by atoms with Crippen LogP contribution in [0.5, 0.6) is 11.5 Å². The molecule has 6 aromatic rings. The van der Waals surface area contributed by atoms with E-state index in [0.29, 0.717) is 89.6 Å². The van der Waals surface area contributed by atoms with Crippen molar-refractivity contribution >= 4 is 52.3 Å². The summed E-state index contributed by atoms with van der Waals surface area (Å²) in [7, 11) is 1.38. The molecule has 3 amide bonds. The van der Waals surface area contributed by atoms with Crippen LogP contribution < -0.4 is 41.2 Å². The number of nitrogens with zero attached hydrogens (tertiary/aromatic N) is 2. The first-order valence-corrected chi connectivity index (χ1v) is 32.9. The van der Waals surface area contributed by atoms with Crippen LogP contribution in [0.4, 0.5) is 20.2 Å². The number of hydrogen-bond donors (Lipinski definition) is 5. The van der Waals surface area contributed by atoms with Gasteiger partial charge in [0.2, 0.25) is 5.91 Å². The summed E-state index contributed by atoms with van der Waals surface area (Å²) in [6.07, 6.45) is 2.08. The van der Waals surface area contributed by atoms with E-state index in [4.69, 9.17) is 61.1 Å². The number of aromatic amines is 1. The van der Waals surface area contributed by atoms with E-state index in [-0.39, 0.29) is 88.4 Å². The average molecular weight is 1350 g/mol. The average Bonchev–Trinajstić information content (AvgIpc) is 1.58. The molecule has 510 valence electrons. The molecule has 0 spiro atoms. The second kappa shape index (κ2) is 35.0. The van der Waals surface area contributed by atoms with E-state index >= 15 is 8.78 Å². The highest BCUT2D eigenvalue weighted by Crippen LogP contribution is 2.53. The van der Waals surface area contributed by atoms with Crippen molar-refractivity contribution in [2.75, 3.05) is 116 Å². The molecular weight excluding hydrogens is 1260 g/mol. The number of ether oxygens (including phenoxy) is 8. The third-order valence-corrected chi connectivity index (χ3v) is 17.5. The molecule has 0 radical (unpaired) electrons. The zero-order valence-corrected chi connectivity index (χ0v) is 56.8. The normalized spacial score (nSPS) is 17.3. The Morgan fingerprint density at radius 2 is 1.43 bits per heavy atom. The molecule has 0 bridgehead atoms. The third-order valence-electron chi connectivity index (χ3n) is 17.0. The molecular formula is C72H87Cl2F2N7O12. The van der Waals surface area contributed by atoms with Crippen LogP contribution >= 0.6 is 23.2 Å². The van der Waals surface area contributed by atoms with Crippen LogP contribution in [0.15, 0.2) is 102 Å². The molecule has 4 atom stereocenters. The van der Waals surface area contributed by atoms with Crippen molar-refractivity contribution in [3.05, 3.63) is 174 Å². The van der Waals surface area contributed by atoms with Gasteiger partial charge in [-0.3, -0.25) is 19.2 Å². The van der Waals surface area contributed by atoms with Crippen molar-refractivity contribution in [2.24, 2.45) is 5.41 Å². The van der Waals surface area contributed by atoms with E-state index in [1.54, 1.807) is 0 Å². The summed E-state index contributed by atoms with van der Waals surface area (Å²) < 4.78 is 77.8. The van der Waals surface area contributed by atoms with E-state index in [2.05, 4.69) is 50.2 Å². The molecule has 0 aliphatic carbocycles. The number of amides is 3. The van der Waals surface area contributed by atoms with Crippen molar-refractivity contribution in [3.8, 4) is 28.7 Å². The van der Waals surface area contributed by atoms with Crippen molar-refractivity contribution in [2.45, 2.75) is 104 Å². The Hall–Kier alpha value is -7.49. The maximum Gasteiger partial charge on any atom is 0.253 e. The SMILES string of the molecule is CCN(c1cc(-c2ccc(OCCOCCOCCOCCOCCOCCNC(=O)c3ccc(NC(=O)[C@@H]4NC(CC(C)(C)C)[C@](C#N)(c5ccc(Cl)cc5F)C4c4cccc(Cl)c4F)c(OC)c3)cc2)cc(C(=O)NCc2c(C)cc(C)[nH]c2=O)c1C)C1CCOCC1. The lowest BCUT2D eigenvalue weighted by molar-refractivity contribution is -0.118. The van der Waals surface area contributed by atoms with Crippen LogP contribution in [0.1, 0.15) is 107 Å². The van der Waals surface area contributed by atoms with Crippen LogP contribution in [0, 0.1) is 49.2 Å². The predicted octanol–water partition coefficient (Wildman–Crippen LogP) is 11.3. The van der Waals surface area contributed by atoms with Gasteiger partial charge < -0.3 is 69.0 Å². The van der Waals surface area contributed by atoms with Gasteiger partial charge in [0, 0.05) is 89.5 Å². The van der Waals surface area contributed by atoms with Gasteiger partial charge in [-0.1, -0.05) is 74.3 Å². The Morgan fingerprint density at radius 3 is 2.04 bits per heavy atom. The molecule has 8 rings (SSSR count). The van der Waals surface area contributed by atoms with Crippen LogP contribution in [0.3, 0.4) is 0 Å². The summed E-state index contributed by atoms with van der Waals surface area (Å²) in [5.74, 6) is -3.42. The van der Waals surface area contributed by atoms with Gasteiger partial charge in [-0.2, -0.15) is 5.26 Å². The number of methoxy groups -OCH3 is 1. The van der Waals surface area contributed by atoms with Crippen molar-refractivity contribution in [1.29, 1.82) is 5.26 Å². The molecule has 3 heterocycles. The smallest absolute Gasteiger partial charge is 0.253 e. The summed E-state index contributed by atoms with van der Waals surface area (Å²) in [5.41, 5.74) is 4.22. The maximum absolute atomic E-state index is 16.2. The summed E-state index contributed by atoms with van der Waals surface area (Å²) >= 11 is 12.5. The molecule has 2 aliphatic heterocycles. The Labute approximate surface area is 564 Å². The van der Waals surface area contributed by atoms with Gasteiger partial charge >= 0.3 is 0 Å². The lowest BCUT2D eigenvalue weighted by Crippen LogP contribution is -2.45. The first-order valence-electron chi connectivity index (χ1n) is 32.1. The number of rotatable bonds is 33. The second-order valence-electron chi connectivity index (χ2n) is 24.7. The number of carbonyl (C=O) groups excluding carboxylic acids is 3. The monoisotopic (exact) mass is 1350 g/mol. The number of benzene rings is 5. The summed E-state index contributed by atoms with van der Waals surface area (Å²) in [6.45, 7) is 19.9. The van der Waals surface area contributed by atoms with E-state index in [1.807, 2.05) is 77.9 Å². The molecule has 5 N–H and O–H groups in total. The predicted molar refractivity (Wildman–Crippen MR) is 362 cm³/mol. The topological polar surface area (TPSA) is 233 Å². The fraction of sp³-hybridized carbons (Fsp3) is 0.458. The minimum atomic E-state index is -1.82. The number of pyridine rings is 1. The highest BCUT2D eigenvalue weighted by Gasteiger charge is 2.61. The zero-order valence-electron chi connectivity index (χ0n) is 55.3. The molecule has 95 heavy (non-hydrogen) atoms. The number of halogens is 4. The van der Waals surface area contributed by atoms with Crippen molar-refractivity contribution in [1.82, 2.24) is 20.9 Å². The van der Waals surface area contributed by atoms with Gasteiger partial charge in [-0.25, -0.2) is 8.78 Å². The van der Waals surface area contributed by atoms with Crippen LogP contribution in [-0.4, -0.2) is 147 Å². The highest BCUT2D eigenvalue weighted by molar-refractivity contribution is 6.31. The number of aryl methyl sites for hydroxylation is 2. The second-order valence-corrected chi connectivity index (χ2v) is 25.5. The number of aromatic nitrogens is 1. The van der Waals surface area contributed by atoms with E-state index < -0.39 is 52.3 Å². The van der Waals surface area contributed by atoms with Crippen LogP contribution in [-0.2, 0) is 45.2 Å². The molecule has 1 aromatic heterocycles. The number of H-pyrrole nitrogens is 1. The molecule has 2 unspecified atom stereocenters. The van der Waals surface area contributed by atoms with Gasteiger partial charge in [0.05, 0.1) is 96.0 Å². The van der Waals surface area contributed by atoms with Gasteiger partial charge in [-0.15, -0.1) is 0 Å². The number of nitrogens with one attached hydrogen (secondary N) is 5. The Balaban J connectivity index is 0.698. The Bertz CT molecular complexity index is 3690. The fourth-order valence-corrected chi connectivity index (χ4v) is 12.7. The van der Waals surface area contributed by atoms with Gasteiger partial charge in [-0.05, 0) is 147 Å². The number of carbonyl (C=O) groups is 3. The van der Waals surface area contributed by atoms with E-state index in [9.17, 15) is 24.4 Å². The van der Waals surface area contributed by atoms with E-state index in [0.717, 1.165) is 59.1 Å². The van der Waals surface area contributed by atoms with Gasteiger partial charge in [0.15, 0.2) is 0 Å². The first-order chi connectivity index (χ1) is 45.7. The number of nitriles is 1. The minimum absolute atomic E-state index is 0.0488. The lowest BCUT2D eigenvalue weighted by atomic mass is 9.62. The van der Waals surface area contributed by atoms with Gasteiger partial charge in [0.1, 0.15) is 35.2 Å². The quantitative estimate of drug-likeness (QED) is 0.0241. The molecule has 2 fully saturated rings. The molecule has 5 aromatic carbocycles. The first kappa shape index (κ1) is 73.3. The molecule has 2 aliphatic rings. The third kappa shape index (κ3) is 19.2. The Kier molecular flexibility index (Phi) is 27.0. The number of anilines is 2. The maximum atomic E-state index is 16.2. The zero-order chi connectivity index (χ0) is 68.2. The molecule has 19 nitrogen and oxygen atoms in total. The summed E-state index contributed by atoms with van der Waals surface area (Å²) in [6, 6.07) is 27.0.